The number of benzene rings is 2. The van der Waals surface area contributed by atoms with Crippen LogP contribution in [0.1, 0.15) is 5.56 Å². The Morgan fingerprint density at radius 2 is 1.78 bits per heavy atom. The maximum Gasteiger partial charge on any atom is 0.270 e. The third-order valence-corrected chi connectivity index (χ3v) is 3.04. The van der Waals surface area contributed by atoms with Crippen LogP contribution in [0.2, 0.25) is 0 Å². The molecule has 0 spiro atoms. The van der Waals surface area contributed by atoms with Crippen LogP contribution in [-0.2, 0) is 4.79 Å². The molecule has 2 aromatic carbocycles. The lowest BCUT2D eigenvalue weighted by molar-refractivity contribution is -0.112. The smallest absolute Gasteiger partial charge is 0.270 e. The average Bonchev–Trinajstić information content (AvgIpc) is 2.56. The molecule has 5 nitrogen and oxygen atoms in total. The summed E-state index contributed by atoms with van der Waals surface area (Å²) in [4.78, 5) is 12.1. The number of amides is 1. The van der Waals surface area contributed by atoms with Gasteiger partial charge in [0.15, 0.2) is 5.57 Å². The van der Waals surface area contributed by atoms with Crippen molar-refractivity contribution in [2.45, 2.75) is 0 Å². The number of ether oxygens (including phenoxy) is 1. The molecule has 2 aromatic rings. The van der Waals surface area contributed by atoms with Crippen molar-refractivity contribution in [2.75, 3.05) is 12.4 Å². The fourth-order valence-electron chi connectivity index (χ4n) is 1.83. The Hall–Kier alpha value is -3.33. The molecule has 0 unspecified atom stereocenters. The molecule has 0 aliphatic rings. The number of aliphatic hydroxyl groups excluding tert-OH is 1. The molecule has 0 fully saturated rings. The summed E-state index contributed by atoms with van der Waals surface area (Å²) in [6.45, 7) is 0. The molecule has 6 heteroatoms. The number of hydrogen-bond donors (Lipinski definition) is 2. The van der Waals surface area contributed by atoms with E-state index in [-0.39, 0.29) is 5.56 Å². The van der Waals surface area contributed by atoms with Gasteiger partial charge in [-0.25, -0.2) is 4.39 Å². The number of hydrogen-bond acceptors (Lipinski definition) is 4. The van der Waals surface area contributed by atoms with Crippen molar-refractivity contribution in [1.29, 1.82) is 5.26 Å². The van der Waals surface area contributed by atoms with E-state index < -0.39 is 23.1 Å². The van der Waals surface area contributed by atoms with Crippen LogP contribution in [-0.4, -0.2) is 18.1 Å². The molecule has 0 saturated carbocycles. The zero-order valence-electron chi connectivity index (χ0n) is 12.2. The van der Waals surface area contributed by atoms with Gasteiger partial charge in [-0.1, -0.05) is 0 Å². The second kappa shape index (κ2) is 7.09. The molecule has 0 saturated heterocycles. The summed E-state index contributed by atoms with van der Waals surface area (Å²) in [5.74, 6) is -1.14. The standard InChI is InChI=1S/C17H13FN2O3/c1-23-14-8-6-13(7-9-14)20-17(22)15(10-19)16(21)11-2-4-12(18)5-3-11/h2-9,21H,1H3,(H,20,22)/b16-15-. The molecule has 0 aliphatic heterocycles. The van der Waals surface area contributed by atoms with Gasteiger partial charge in [-0.3, -0.25) is 4.79 Å². The highest BCUT2D eigenvalue weighted by Gasteiger charge is 2.16. The summed E-state index contributed by atoms with van der Waals surface area (Å²) >= 11 is 0. The van der Waals surface area contributed by atoms with E-state index in [1.165, 1.54) is 19.2 Å². The van der Waals surface area contributed by atoms with Gasteiger partial charge < -0.3 is 15.2 Å². The van der Waals surface area contributed by atoms with E-state index in [1.807, 2.05) is 0 Å². The molecule has 1 amide bonds. The Labute approximate surface area is 132 Å². The first-order chi connectivity index (χ1) is 11.0. The van der Waals surface area contributed by atoms with Crippen molar-refractivity contribution in [3.63, 3.8) is 0 Å². The highest BCUT2D eigenvalue weighted by atomic mass is 19.1. The second-order valence-electron chi connectivity index (χ2n) is 4.52. The Kier molecular flexibility index (Phi) is 4.95. The van der Waals surface area contributed by atoms with Crippen molar-refractivity contribution in [1.82, 2.24) is 0 Å². The van der Waals surface area contributed by atoms with Gasteiger partial charge in [0.2, 0.25) is 0 Å². The number of nitrogens with zero attached hydrogens (tertiary/aromatic N) is 1. The summed E-state index contributed by atoms with van der Waals surface area (Å²) in [5, 5.41) is 21.7. The zero-order valence-corrected chi connectivity index (χ0v) is 12.2. The normalized spacial score (nSPS) is 11.2. The van der Waals surface area contributed by atoms with Crippen LogP contribution in [0.5, 0.6) is 5.75 Å². The number of nitrogens with one attached hydrogen (secondary N) is 1. The van der Waals surface area contributed by atoms with Gasteiger partial charge in [0.1, 0.15) is 23.4 Å². The highest BCUT2D eigenvalue weighted by molar-refractivity contribution is 6.10. The second-order valence-corrected chi connectivity index (χ2v) is 4.52. The van der Waals surface area contributed by atoms with Gasteiger partial charge in [0.25, 0.3) is 5.91 Å². The third-order valence-electron chi connectivity index (χ3n) is 3.04. The number of aliphatic hydroxyl groups is 1. The summed E-state index contributed by atoms with van der Waals surface area (Å²) < 4.78 is 17.9. The molecule has 116 valence electrons. The molecule has 0 aromatic heterocycles. The number of halogens is 1. The van der Waals surface area contributed by atoms with Gasteiger partial charge in [0, 0.05) is 11.3 Å². The minimum absolute atomic E-state index is 0.174. The van der Waals surface area contributed by atoms with E-state index in [0.29, 0.717) is 11.4 Å². The first-order valence-corrected chi connectivity index (χ1v) is 6.60. The predicted molar refractivity (Wildman–Crippen MR) is 83.2 cm³/mol. The van der Waals surface area contributed by atoms with Gasteiger partial charge in [-0.15, -0.1) is 0 Å². The van der Waals surface area contributed by atoms with E-state index in [9.17, 15) is 14.3 Å². The summed E-state index contributed by atoms with van der Waals surface area (Å²) in [7, 11) is 1.52. The van der Waals surface area contributed by atoms with Crippen molar-refractivity contribution < 1.29 is 19.0 Å². The lowest BCUT2D eigenvalue weighted by Crippen LogP contribution is -2.15. The van der Waals surface area contributed by atoms with E-state index in [2.05, 4.69) is 5.32 Å². The molecular weight excluding hydrogens is 299 g/mol. The summed E-state index contributed by atoms with van der Waals surface area (Å²) in [5.41, 5.74) is 0.149. The molecule has 0 bridgehead atoms. The predicted octanol–water partition coefficient (Wildman–Crippen LogP) is 3.27. The fourth-order valence-corrected chi connectivity index (χ4v) is 1.83. The van der Waals surface area contributed by atoms with E-state index in [0.717, 1.165) is 12.1 Å². The van der Waals surface area contributed by atoms with E-state index in [4.69, 9.17) is 10.00 Å². The maximum absolute atomic E-state index is 12.9. The topological polar surface area (TPSA) is 82.3 Å². The van der Waals surface area contributed by atoms with Gasteiger partial charge >= 0.3 is 0 Å². The summed E-state index contributed by atoms with van der Waals surface area (Å²) in [6.07, 6.45) is 0. The van der Waals surface area contributed by atoms with Crippen molar-refractivity contribution >= 4 is 17.4 Å². The molecule has 23 heavy (non-hydrogen) atoms. The molecule has 0 heterocycles. The van der Waals surface area contributed by atoms with Crippen LogP contribution < -0.4 is 10.1 Å². The molecule has 0 aliphatic carbocycles. The molecule has 0 atom stereocenters. The lowest BCUT2D eigenvalue weighted by atomic mass is 10.1. The zero-order chi connectivity index (χ0) is 16.8. The molecule has 0 radical (unpaired) electrons. The summed E-state index contributed by atoms with van der Waals surface area (Å²) in [6, 6.07) is 13.0. The first-order valence-electron chi connectivity index (χ1n) is 6.60. The van der Waals surface area contributed by atoms with Gasteiger partial charge in [-0.2, -0.15) is 5.26 Å². The lowest BCUT2D eigenvalue weighted by Gasteiger charge is -2.07. The van der Waals surface area contributed by atoms with Crippen LogP contribution >= 0.6 is 0 Å². The van der Waals surface area contributed by atoms with Crippen LogP contribution in [0, 0.1) is 17.1 Å². The minimum Gasteiger partial charge on any atom is -0.506 e. The Bertz CT molecular complexity index is 775. The van der Waals surface area contributed by atoms with E-state index in [1.54, 1.807) is 30.3 Å². The SMILES string of the molecule is COc1ccc(NC(=O)/C(C#N)=C(\O)c2ccc(F)cc2)cc1. The number of carbonyl (C=O) groups is 1. The number of anilines is 1. The number of methoxy groups -OCH3 is 1. The Morgan fingerprint density at radius 3 is 2.30 bits per heavy atom. The van der Waals surface area contributed by atoms with Crippen LogP contribution in [0.3, 0.4) is 0 Å². The van der Waals surface area contributed by atoms with Crippen molar-refractivity contribution in [3.05, 3.63) is 65.5 Å². The third kappa shape index (κ3) is 3.86. The van der Waals surface area contributed by atoms with Crippen LogP contribution in [0.15, 0.2) is 54.1 Å². The fraction of sp³-hybridized carbons (Fsp3) is 0.0588. The minimum atomic E-state index is -0.764. The van der Waals surface area contributed by atoms with Crippen molar-refractivity contribution in [3.8, 4) is 11.8 Å². The van der Waals surface area contributed by atoms with Gasteiger partial charge in [0.05, 0.1) is 7.11 Å². The highest BCUT2D eigenvalue weighted by Crippen LogP contribution is 2.19. The number of carbonyl (C=O) groups excluding carboxylic acids is 1. The number of rotatable bonds is 4. The Morgan fingerprint density at radius 1 is 1.17 bits per heavy atom. The largest absolute Gasteiger partial charge is 0.506 e. The first kappa shape index (κ1) is 16.0. The number of nitriles is 1. The monoisotopic (exact) mass is 312 g/mol. The average molecular weight is 312 g/mol. The molecule has 2 N–H and O–H groups in total. The quantitative estimate of drug-likeness (QED) is 0.516. The van der Waals surface area contributed by atoms with Crippen LogP contribution in [0.4, 0.5) is 10.1 Å². The Balaban J connectivity index is 2.25. The van der Waals surface area contributed by atoms with Crippen molar-refractivity contribution in [2.24, 2.45) is 0 Å². The molecular formula is C17H13FN2O3. The molecule has 2 rings (SSSR count). The van der Waals surface area contributed by atoms with E-state index >= 15 is 0 Å². The van der Waals surface area contributed by atoms with Crippen LogP contribution in [0.25, 0.3) is 5.76 Å². The van der Waals surface area contributed by atoms with Gasteiger partial charge in [-0.05, 0) is 48.5 Å². The maximum atomic E-state index is 12.9.